The Kier molecular flexibility index (Phi) is 5.15. The first-order chi connectivity index (χ1) is 8.00. The van der Waals surface area contributed by atoms with Crippen LogP contribution in [0, 0.1) is 5.92 Å². The Morgan fingerprint density at radius 1 is 1.47 bits per heavy atom. The predicted octanol–water partition coefficient (Wildman–Crippen LogP) is 2.43. The van der Waals surface area contributed by atoms with Gasteiger partial charge in [0, 0.05) is 11.3 Å². The van der Waals surface area contributed by atoms with Gasteiger partial charge in [-0.25, -0.2) is 4.79 Å². The van der Waals surface area contributed by atoms with Gasteiger partial charge in [0.25, 0.3) is 0 Å². The molecule has 0 spiro atoms. The van der Waals surface area contributed by atoms with Gasteiger partial charge >= 0.3 is 5.97 Å². The Morgan fingerprint density at radius 3 is 2.65 bits per heavy atom. The molecule has 2 N–H and O–H groups in total. The number of nitrogens with one attached hydrogen (secondary N) is 1. The highest BCUT2D eigenvalue weighted by Crippen LogP contribution is 2.19. The Bertz CT molecular complexity index is 373. The minimum absolute atomic E-state index is 0.209. The van der Waals surface area contributed by atoms with Crippen molar-refractivity contribution in [3.05, 3.63) is 22.4 Å². The molecule has 1 amide bonds. The maximum Gasteiger partial charge on any atom is 0.331 e. The summed E-state index contributed by atoms with van der Waals surface area (Å²) in [7, 11) is 0. The molecule has 1 rings (SSSR count). The molecule has 0 aliphatic carbocycles. The lowest BCUT2D eigenvalue weighted by molar-refractivity contribution is -0.142. The number of carboxylic acids is 1. The number of hydrogen-bond donors (Lipinski definition) is 2. The molecule has 1 heterocycles. The molecule has 0 aromatic carbocycles. The van der Waals surface area contributed by atoms with Crippen LogP contribution in [0.25, 0.3) is 0 Å². The van der Waals surface area contributed by atoms with Crippen molar-refractivity contribution in [2.45, 2.75) is 32.7 Å². The van der Waals surface area contributed by atoms with E-state index < -0.39 is 12.0 Å². The van der Waals surface area contributed by atoms with Crippen LogP contribution in [-0.2, 0) is 9.59 Å². The number of rotatable bonds is 6. The standard InChI is InChI=1S/C12H17NO3S/c1-8(2)5-6-10(14)13-11(12(15)16)9-4-3-7-17-9/h3-4,7-8,11H,5-6H2,1-2H3,(H,13,14)(H,15,16). The van der Waals surface area contributed by atoms with Gasteiger partial charge in [0.05, 0.1) is 0 Å². The Morgan fingerprint density at radius 2 is 2.18 bits per heavy atom. The molecule has 1 atom stereocenters. The summed E-state index contributed by atoms with van der Waals surface area (Å²) in [4.78, 5) is 23.3. The van der Waals surface area contributed by atoms with E-state index in [9.17, 15) is 9.59 Å². The van der Waals surface area contributed by atoms with Crippen molar-refractivity contribution in [2.24, 2.45) is 5.92 Å². The van der Waals surface area contributed by atoms with E-state index in [1.165, 1.54) is 11.3 Å². The van der Waals surface area contributed by atoms with Crippen LogP contribution in [0.5, 0.6) is 0 Å². The van der Waals surface area contributed by atoms with E-state index in [2.05, 4.69) is 5.32 Å². The summed E-state index contributed by atoms with van der Waals surface area (Å²) in [6.07, 6.45) is 1.13. The van der Waals surface area contributed by atoms with E-state index in [1.807, 2.05) is 13.8 Å². The molecular formula is C12H17NO3S. The van der Waals surface area contributed by atoms with E-state index in [0.717, 1.165) is 6.42 Å². The zero-order valence-corrected chi connectivity index (χ0v) is 10.8. The zero-order chi connectivity index (χ0) is 12.8. The van der Waals surface area contributed by atoms with Gasteiger partial charge in [-0.05, 0) is 23.8 Å². The molecule has 0 aliphatic heterocycles. The fourth-order valence-electron chi connectivity index (χ4n) is 1.36. The molecule has 0 saturated heterocycles. The summed E-state index contributed by atoms with van der Waals surface area (Å²) in [5, 5.41) is 13.4. The van der Waals surface area contributed by atoms with Crippen molar-refractivity contribution in [3.8, 4) is 0 Å². The van der Waals surface area contributed by atoms with Crippen LogP contribution < -0.4 is 5.32 Å². The van der Waals surface area contributed by atoms with Crippen LogP contribution in [0.15, 0.2) is 17.5 Å². The predicted molar refractivity (Wildman–Crippen MR) is 66.9 cm³/mol. The highest BCUT2D eigenvalue weighted by atomic mass is 32.1. The van der Waals surface area contributed by atoms with E-state index in [4.69, 9.17) is 5.11 Å². The summed E-state index contributed by atoms with van der Waals surface area (Å²) < 4.78 is 0. The lowest BCUT2D eigenvalue weighted by atomic mass is 10.1. The van der Waals surface area contributed by atoms with Crippen LogP contribution in [0.2, 0.25) is 0 Å². The molecule has 0 bridgehead atoms. The van der Waals surface area contributed by atoms with Gasteiger partial charge in [0.1, 0.15) is 0 Å². The van der Waals surface area contributed by atoms with Crippen LogP contribution in [0.3, 0.4) is 0 Å². The van der Waals surface area contributed by atoms with Gasteiger partial charge < -0.3 is 10.4 Å². The summed E-state index contributed by atoms with van der Waals surface area (Å²) in [6, 6.07) is 2.57. The largest absolute Gasteiger partial charge is 0.479 e. The van der Waals surface area contributed by atoms with Crippen LogP contribution in [0.4, 0.5) is 0 Å². The number of carboxylic acid groups (broad SMARTS) is 1. The van der Waals surface area contributed by atoms with E-state index in [0.29, 0.717) is 17.2 Å². The summed E-state index contributed by atoms with van der Waals surface area (Å²) in [5.74, 6) is -0.796. The van der Waals surface area contributed by atoms with Crippen molar-refractivity contribution in [2.75, 3.05) is 0 Å². The highest BCUT2D eigenvalue weighted by Gasteiger charge is 2.22. The number of amides is 1. The van der Waals surface area contributed by atoms with Crippen LogP contribution >= 0.6 is 11.3 Å². The Labute approximate surface area is 105 Å². The van der Waals surface area contributed by atoms with E-state index in [-0.39, 0.29) is 5.91 Å². The minimum atomic E-state index is -1.02. The zero-order valence-electron chi connectivity index (χ0n) is 9.97. The summed E-state index contributed by atoms with van der Waals surface area (Å²) >= 11 is 1.33. The lowest BCUT2D eigenvalue weighted by Crippen LogP contribution is -2.33. The Balaban J connectivity index is 2.56. The lowest BCUT2D eigenvalue weighted by Gasteiger charge is -2.13. The van der Waals surface area contributed by atoms with Crippen LogP contribution in [0.1, 0.15) is 37.6 Å². The first-order valence-electron chi connectivity index (χ1n) is 5.56. The maximum atomic E-state index is 11.6. The third kappa shape index (κ3) is 4.56. The number of hydrogen-bond acceptors (Lipinski definition) is 3. The first kappa shape index (κ1) is 13.7. The minimum Gasteiger partial charge on any atom is -0.479 e. The van der Waals surface area contributed by atoms with Gasteiger partial charge in [0.2, 0.25) is 5.91 Å². The molecule has 0 saturated carbocycles. The van der Waals surface area contributed by atoms with Gasteiger partial charge in [-0.2, -0.15) is 0 Å². The van der Waals surface area contributed by atoms with Crippen LogP contribution in [-0.4, -0.2) is 17.0 Å². The molecule has 0 aliphatic rings. The number of thiophene rings is 1. The molecule has 1 aromatic heterocycles. The Hall–Kier alpha value is -1.36. The second-order valence-electron chi connectivity index (χ2n) is 4.29. The third-order valence-electron chi connectivity index (χ3n) is 2.33. The molecule has 4 nitrogen and oxygen atoms in total. The molecule has 1 aromatic rings. The average molecular weight is 255 g/mol. The second kappa shape index (κ2) is 6.39. The topological polar surface area (TPSA) is 66.4 Å². The third-order valence-corrected chi connectivity index (χ3v) is 3.27. The number of aliphatic carboxylic acids is 1. The number of carbonyl (C=O) groups excluding carboxylic acids is 1. The van der Waals surface area contributed by atoms with Crippen molar-refractivity contribution in [3.63, 3.8) is 0 Å². The molecule has 5 heteroatoms. The highest BCUT2D eigenvalue weighted by molar-refractivity contribution is 7.10. The van der Waals surface area contributed by atoms with Gasteiger partial charge in [-0.15, -0.1) is 11.3 Å². The van der Waals surface area contributed by atoms with Gasteiger partial charge in [-0.1, -0.05) is 19.9 Å². The summed E-state index contributed by atoms with van der Waals surface area (Å²) in [6.45, 7) is 4.06. The number of carbonyl (C=O) groups is 2. The second-order valence-corrected chi connectivity index (χ2v) is 5.27. The summed E-state index contributed by atoms with van der Waals surface area (Å²) in [5.41, 5.74) is 0. The molecule has 94 valence electrons. The van der Waals surface area contributed by atoms with Gasteiger partial charge in [-0.3, -0.25) is 4.79 Å². The molecular weight excluding hydrogens is 238 g/mol. The average Bonchev–Trinajstić information content (AvgIpc) is 2.75. The van der Waals surface area contributed by atoms with Gasteiger partial charge in [0.15, 0.2) is 6.04 Å². The van der Waals surface area contributed by atoms with E-state index >= 15 is 0 Å². The monoisotopic (exact) mass is 255 g/mol. The molecule has 0 fully saturated rings. The SMILES string of the molecule is CC(C)CCC(=O)NC(C(=O)O)c1cccs1. The molecule has 0 radical (unpaired) electrons. The quantitative estimate of drug-likeness (QED) is 0.820. The van der Waals surface area contributed by atoms with Crippen molar-refractivity contribution < 1.29 is 14.7 Å². The van der Waals surface area contributed by atoms with Crippen molar-refractivity contribution in [1.82, 2.24) is 5.32 Å². The fourth-order valence-corrected chi connectivity index (χ4v) is 2.13. The normalized spacial score (nSPS) is 12.4. The maximum absolute atomic E-state index is 11.6. The fraction of sp³-hybridized carbons (Fsp3) is 0.500. The van der Waals surface area contributed by atoms with Crippen molar-refractivity contribution in [1.29, 1.82) is 0 Å². The van der Waals surface area contributed by atoms with E-state index in [1.54, 1.807) is 17.5 Å². The molecule has 1 unspecified atom stereocenters. The van der Waals surface area contributed by atoms with Crippen molar-refractivity contribution >= 4 is 23.2 Å². The smallest absolute Gasteiger partial charge is 0.331 e. The first-order valence-corrected chi connectivity index (χ1v) is 6.44. The molecule has 17 heavy (non-hydrogen) atoms.